The maximum atomic E-state index is 13.3. The molecule has 0 bridgehead atoms. The Kier molecular flexibility index (Phi) is 8.03. The Bertz CT molecular complexity index is 1030. The lowest BCUT2D eigenvalue weighted by Gasteiger charge is -2.31. The summed E-state index contributed by atoms with van der Waals surface area (Å²) in [6.07, 6.45) is 0.419. The number of hydrogen-bond donors (Lipinski definition) is 1. The van der Waals surface area contributed by atoms with Crippen molar-refractivity contribution in [3.8, 4) is 5.75 Å². The third-order valence-electron chi connectivity index (χ3n) is 5.34. The van der Waals surface area contributed by atoms with Gasteiger partial charge >= 0.3 is 0 Å². The van der Waals surface area contributed by atoms with Crippen LogP contribution in [0.2, 0.25) is 0 Å². The highest BCUT2D eigenvalue weighted by Gasteiger charge is 2.30. The Hall–Kier alpha value is -3.60. The zero-order valence-corrected chi connectivity index (χ0v) is 18.9. The van der Waals surface area contributed by atoms with Crippen molar-refractivity contribution in [1.29, 1.82) is 0 Å². The van der Waals surface area contributed by atoms with E-state index in [-0.39, 0.29) is 18.4 Å². The first-order valence-electron chi connectivity index (χ1n) is 10.8. The van der Waals surface area contributed by atoms with Crippen LogP contribution < -0.4 is 10.1 Å². The SMILES string of the molecule is CNC(=O)[C@@H](Cc1ccccc1)N(Cc1ccc(C)cc1)C(=O)COc1cccc(C)c1. The highest BCUT2D eigenvalue weighted by molar-refractivity contribution is 5.88. The van der Waals surface area contributed by atoms with Crippen molar-refractivity contribution >= 4 is 11.8 Å². The van der Waals surface area contributed by atoms with Gasteiger partial charge in [-0.15, -0.1) is 0 Å². The van der Waals surface area contributed by atoms with Crippen molar-refractivity contribution in [3.63, 3.8) is 0 Å². The average molecular weight is 431 g/mol. The van der Waals surface area contributed by atoms with Crippen LogP contribution in [-0.2, 0) is 22.6 Å². The lowest BCUT2D eigenvalue weighted by Crippen LogP contribution is -2.51. The van der Waals surface area contributed by atoms with Crippen LogP contribution in [0.1, 0.15) is 22.3 Å². The van der Waals surface area contributed by atoms with E-state index in [4.69, 9.17) is 4.74 Å². The van der Waals surface area contributed by atoms with Crippen molar-refractivity contribution in [2.75, 3.05) is 13.7 Å². The molecule has 0 fully saturated rings. The fourth-order valence-electron chi connectivity index (χ4n) is 3.54. The van der Waals surface area contributed by atoms with Crippen LogP contribution >= 0.6 is 0 Å². The van der Waals surface area contributed by atoms with Crippen molar-refractivity contribution in [3.05, 3.63) is 101 Å². The van der Waals surface area contributed by atoms with Crippen LogP contribution in [0.15, 0.2) is 78.9 Å². The van der Waals surface area contributed by atoms with Gasteiger partial charge in [0, 0.05) is 20.0 Å². The standard InChI is InChI=1S/C27H30N2O3/c1-20-12-14-23(15-13-20)18-29(26(30)19-32-24-11-7-8-21(2)16-24)25(27(31)28-3)17-22-9-5-4-6-10-22/h4-16,25H,17-19H2,1-3H3,(H,28,31)/t25-/m1/s1. The van der Waals surface area contributed by atoms with Gasteiger partial charge < -0.3 is 15.0 Å². The van der Waals surface area contributed by atoms with E-state index in [1.165, 1.54) is 0 Å². The molecule has 0 saturated carbocycles. The third kappa shape index (κ3) is 6.45. The predicted octanol–water partition coefficient (Wildman–Crippen LogP) is 4.07. The molecule has 0 saturated heterocycles. The maximum Gasteiger partial charge on any atom is 0.261 e. The molecule has 0 aliphatic heterocycles. The molecule has 5 heteroatoms. The van der Waals surface area contributed by atoms with Gasteiger partial charge in [-0.2, -0.15) is 0 Å². The highest BCUT2D eigenvalue weighted by atomic mass is 16.5. The number of ether oxygens (including phenoxy) is 1. The zero-order valence-electron chi connectivity index (χ0n) is 18.9. The summed E-state index contributed by atoms with van der Waals surface area (Å²) >= 11 is 0. The molecule has 2 amide bonds. The molecule has 32 heavy (non-hydrogen) atoms. The van der Waals surface area contributed by atoms with Gasteiger partial charge in [-0.3, -0.25) is 9.59 Å². The van der Waals surface area contributed by atoms with Gasteiger partial charge in [0.2, 0.25) is 5.91 Å². The van der Waals surface area contributed by atoms with Gasteiger partial charge in [0.25, 0.3) is 5.91 Å². The fraction of sp³-hybridized carbons (Fsp3) is 0.259. The molecule has 1 N–H and O–H groups in total. The van der Waals surface area contributed by atoms with Crippen molar-refractivity contribution in [1.82, 2.24) is 10.2 Å². The van der Waals surface area contributed by atoms with Crippen LogP contribution in [0.25, 0.3) is 0 Å². The minimum Gasteiger partial charge on any atom is -0.484 e. The molecule has 0 unspecified atom stereocenters. The number of carbonyl (C=O) groups excluding carboxylic acids is 2. The van der Waals surface area contributed by atoms with E-state index >= 15 is 0 Å². The minimum absolute atomic E-state index is 0.141. The van der Waals surface area contributed by atoms with E-state index in [1.54, 1.807) is 11.9 Å². The van der Waals surface area contributed by atoms with Crippen LogP contribution in [0, 0.1) is 13.8 Å². The topological polar surface area (TPSA) is 58.6 Å². The summed E-state index contributed by atoms with van der Waals surface area (Å²) in [5.74, 6) is 0.190. The first-order chi connectivity index (χ1) is 15.5. The van der Waals surface area contributed by atoms with Gasteiger partial charge in [0.15, 0.2) is 6.61 Å². The van der Waals surface area contributed by atoms with Crippen LogP contribution in [-0.4, -0.2) is 36.4 Å². The van der Waals surface area contributed by atoms with Gasteiger partial charge in [-0.25, -0.2) is 0 Å². The second-order valence-electron chi connectivity index (χ2n) is 7.93. The van der Waals surface area contributed by atoms with E-state index in [0.29, 0.717) is 18.7 Å². The summed E-state index contributed by atoms with van der Waals surface area (Å²) in [6.45, 7) is 4.17. The van der Waals surface area contributed by atoms with Crippen LogP contribution in [0.3, 0.4) is 0 Å². The molecule has 0 radical (unpaired) electrons. The molecule has 3 aromatic rings. The molecule has 0 spiro atoms. The van der Waals surface area contributed by atoms with Gasteiger partial charge in [-0.05, 0) is 42.7 Å². The molecule has 1 atom stereocenters. The molecule has 5 nitrogen and oxygen atoms in total. The molecule has 0 aliphatic carbocycles. The van der Waals surface area contributed by atoms with E-state index in [0.717, 1.165) is 22.3 Å². The Balaban J connectivity index is 1.86. The quantitative estimate of drug-likeness (QED) is 0.557. The largest absolute Gasteiger partial charge is 0.484 e. The second-order valence-corrected chi connectivity index (χ2v) is 7.93. The Labute approximate surface area is 190 Å². The third-order valence-corrected chi connectivity index (χ3v) is 5.34. The van der Waals surface area contributed by atoms with Gasteiger partial charge in [0.05, 0.1) is 0 Å². The average Bonchev–Trinajstić information content (AvgIpc) is 2.81. The molecule has 0 heterocycles. The molecule has 0 aromatic heterocycles. The highest BCUT2D eigenvalue weighted by Crippen LogP contribution is 2.17. The van der Waals surface area contributed by atoms with Crippen molar-refractivity contribution in [2.45, 2.75) is 32.9 Å². The number of carbonyl (C=O) groups is 2. The number of aryl methyl sites for hydroxylation is 2. The van der Waals surface area contributed by atoms with E-state index in [2.05, 4.69) is 5.32 Å². The number of nitrogens with one attached hydrogen (secondary N) is 1. The first-order valence-corrected chi connectivity index (χ1v) is 10.8. The summed E-state index contributed by atoms with van der Waals surface area (Å²) in [7, 11) is 1.60. The van der Waals surface area contributed by atoms with Crippen molar-refractivity contribution in [2.24, 2.45) is 0 Å². The lowest BCUT2D eigenvalue weighted by molar-refractivity contribution is -0.142. The zero-order chi connectivity index (χ0) is 22.9. The number of benzene rings is 3. The van der Waals surface area contributed by atoms with E-state index in [1.807, 2.05) is 92.7 Å². The summed E-state index contributed by atoms with van der Waals surface area (Å²) in [6, 6.07) is 24.6. The normalized spacial score (nSPS) is 11.5. The number of likely N-dealkylation sites (N-methyl/N-ethyl adjacent to an activating group) is 1. The Morgan fingerprint density at radius 3 is 2.25 bits per heavy atom. The van der Waals surface area contributed by atoms with Gasteiger partial charge in [-0.1, -0.05) is 72.3 Å². The Morgan fingerprint density at radius 2 is 1.59 bits per heavy atom. The first kappa shape index (κ1) is 23.1. The van der Waals surface area contributed by atoms with Gasteiger partial charge in [0.1, 0.15) is 11.8 Å². The molecule has 166 valence electrons. The predicted molar refractivity (Wildman–Crippen MR) is 126 cm³/mol. The monoisotopic (exact) mass is 430 g/mol. The lowest BCUT2D eigenvalue weighted by atomic mass is 10.0. The summed E-state index contributed by atoms with van der Waals surface area (Å²) in [5, 5.41) is 2.72. The van der Waals surface area contributed by atoms with Crippen molar-refractivity contribution < 1.29 is 14.3 Å². The Morgan fingerprint density at radius 1 is 0.875 bits per heavy atom. The summed E-state index contributed by atoms with van der Waals surface area (Å²) in [5.41, 5.74) is 4.14. The number of amides is 2. The minimum atomic E-state index is -0.655. The molecular formula is C27H30N2O3. The summed E-state index contributed by atoms with van der Waals surface area (Å²) in [4.78, 5) is 27.8. The smallest absolute Gasteiger partial charge is 0.261 e. The fourth-order valence-corrected chi connectivity index (χ4v) is 3.54. The van der Waals surface area contributed by atoms with Crippen LogP contribution in [0.5, 0.6) is 5.75 Å². The number of hydrogen-bond acceptors (Lipinski definition) is 3. The number of nitrogens with zero attached hydrogens (tertiary/aromatic N) is 1. The summed E-state index contributed by atoms with van der Waals surface area (Å²) < 4.78 is 5.78. The van der Waals surface area contributed by atoms with Crippen LogP contribution in [0.4, 0.5) is 0 Å². The van der Waals surface area contributed by atoms with E-state index < -0.39 is 6.04 Å². The maximum absolute atomic E-state index is 13.3. The van der Waals surface area contributed by atoms with E-state index in [9.17, 15) is 9.59 Å². The molecule has 3 aromatic carbocycles. The number of rotatable bonds is 9. The molecular weight excluding hydrogens is 400 g/mol. The second kappa shape index (κ2) is 11.1. The molecule has 3 rings (SSSR count). The molecule has 0 aliphatic rings.